The summed E-state index contributed by atoms with van der Waals surface area (Å²) < 4.78 is 5.54. The van der Waals surface area contributed by atoms with Crippen molar-refractivity contribution in [2.45, 2.75) is 51.3 Å². The van der Waals surface area contributed by atoms with Crippen LogP contribution in [0, 0.1) is 24.2 Å². The number of fused-ring (bicyclic) bond motifs is 2. The monoisotopic (exact) mass is 388 g/mol. The van der Waals surface area contributed by atoms with Crippen molar-refractivity contribution in [2.24, 2.45) is 5.92 Å². The molecule has 29 heavy (non-hydrogen) atoms. The molecule has 2 aromatic rings. The molecule has 2 unspecified atom stereocenters. The lowest BCUT2D eigenvalue weighted by Gasteiger charge is -2.37. The Morgan fingerprint density at radius 3 is 2.45 bits per heavy atom. The Morgan fingerprint density at radius 2 is 1.79 bits per heavy atom. The van der Waals surface area contributed by atoms with Crippen molar-refractivity contribution < 1.29 is 14.3 Å². The van der Waals surface area contributed by atoms with Gasteiger partial charge in [-0.2, -0.15) is 5.26 Å². The molecule has 2 aromatic carbocycles. The van der Waals surface area contributed by atoms with E-state index in [1.807, 2.05) is 54.3 Å². The zero-order valence-corrected chi connectivity index (χ0v) is 16.5. The Kier molecular flexibility index (Phi) is 5.35. The number of hydrogen-bond donors (Lipinski definition) is 0. The minimum Gasteiger partial charge on any atom is -0.445 e. The average Bonchev–Trinajstić information content (AvgIpc) is 3.01. The molecule has 2 aliphatic heterocycles. The molecular formula is C24H24N2O3. The number of nitrogens with zero attached hydrogens (tertiary/aromatic N) is 2. The summed E-state index contributed by atoms with van der Waals surface area (Å²) in [5.41, 5.74) is 2.87. The van der Waals surface area contributed by atoms with E-state index in [1.165, 1.54) is 0 Å². The molecule has 2 heterocycles. The molecule has 1 amide bonds. The molecule has 4 rings (SSSR count). The van der Waals surface area contributed by atoms with Crippen LogP contribution in [-0.4, -0.2) is 28.9 Å². The van der Waals surface area contributed by atoms with Crippen LogP contribution in [0.4, 0.5) is 4.79 Å². The van der Waals surface area contributed by atoms with E-state index in [1.54, 1.807) is 6.07 Å². The van der Waals surface area contributed by atoms with Gasteiger partial charge in [0, 0.05) is 23.6 Å². The van der Waals surface area contributed by atoms with Crippen LogP contribution in [0.5, 0.6) is 0 Å². The van der Waals surface area contributed by atoms with Crippen LogP contribution < -0.4 is 0 Å². The highest BCUT2D eigenvalue weighted by atomic mass is 16.6. The molecule has 5 nitrogen and oxygen atoms in total. The van der Waals surface area contributed by atoms with Crippen LogP contribution in [0.2, 0.25) is 0 Å². The van der Waals surface area contributed by atoms with Gasteiger partial charge in [0.05, 0.1) is 11.6 Å². The summed E-state index contributed by atoms with van der Waals surface area (Å²) in [6, 6.07) is 17.2. The Balaban J connectivity index is 1.44. The lowest BCUT2D eigenvalue weighted by atomic mass is 9.83. The molecule has 2 aliphatic rings. The number of carbonyl (C=O) groups is 2. The summed E-state index contributed by atoms with van der Waals surface area (Å²) >= 11 is 0. The number of amides is 1. The highest BCUT2D eigenvalue weighted by Gasteiger charge is 2.46. The van der Waals surface area contributed by atoms with Gasteiger partial charge in [-0.3, -0.25) is 4.79 Å². The first-order chi connectivity index (χ1) is 14.1. The third-order valence-electron chi connectivity index (χ3n) is 6.08. The van der Waals surface area contributed by atoms with Crippen LogP contribution in [0.25, 0.3) is 0 Å². The molecule has 0 N–H and O–H groups in total. The molecule has 2 bridgehead atoms. The Labute approximate surface area is 170 Å². The number of hydrogen-bond acceptors (Lipinski definition) is 4. The fraction of sp³-hybridized carbons (Fsp3) is 0.375. The minimum absolute atomic E-state index is 0.0273. The topological polar surface area (TPSA) is 70.4 Å². The summed E-state index contributed by atoms with van der Waals surface area (Å²) in [6.07, 6.45) is 2.77. The molecule has 0 aliphatic carbocycles. The largest absolute Gasteiger partial charge is 0.445 e. The second-order valence-electron chi connectivity index (χ2n) is 8.03. The van der Waals surface area contributed by atoms with Gasteiger partial charge in [0.15, 0.2) is 5.78 Å². The predicted molar refractivity (Wildman–Crippen MR) is 108 cm³/mol. The number of piperidine rings is 1. The summed E-state index contributed by atoms with van der Waals surface area (Å²) in [5.74, 6) is -0.126. The standard InChI is InChI=1S/C24H24N2O3/c1-16-7-8-18(14-25)22(11-16)23(27)19-12-20-9-10-21(13-19)26(20)24(28)29-15-17-5-3-2-4-6-17/h2-8,11,19-21H,9-10,12-13,15H2,1H3. The number of nitriles is 1. The molecule has 0 saturated carbocycles. The number of Topliss-reactive ketones (excluding diaryl/α,β-unsaturated/α-hetero) is 1. The maximum atomic E-state index is 13.2. The van der Waals surface area contributed by atoms with Gasteiger partial charge in [0.1, 0.15) is 6.61 Å². The van der Waals surface area contributed by atoms with Crippen molar-refractivity contribution in [1.82, 2.24) is 4.90 Å². The Hall–Kier alpha value is -3.13. The van der Waals surface area contributed by atoms with Gasteiger partial charge >= 0.3 is 6.09 Å². The minimum atomic E-state index is -0.291. The van der Waals surface area contributed by atoms with E-state index >= 15 is 0 Å². The summed E-state index contributed by atoms with van der Waals surface area (Å²) in [7, 11) is 0. The lowest BCUT2D eigenvalue weighted by molar-refractivity contribution is 0.0485. The maximum absolute atomic E-state index is 13.2. The summed E-state index contributed by atoms with van der Waals surface area (Å²) in [6.45, 7) is 2.18. The fourth-order valence-corrected chi connectivity index (χ4v) is 4.66. The highest BCUT2D eigenvalue weighted by molar-refractivity contribution is 6.00. The van der Waals surface area contributed by atoms with E-state index in [9.17, 15) is 14.9 Å². The van der Waals surface area contributed by atoms with Gasteiger partial charge in [-0.25, -0.2) is 4.79 Å². The van der Waals surface area contributed by atoms with Crippen molar-refractivity contribution in [1.29, 1.82) is 5.26 Å². The number of ketones is 1. The molecule has 2 fully saturated rings. The van der Waals surface area contributed by atoms with E-state index in [0.29, 0.717) is 24.0 Å². The van der Waals surface area contributed by atoms with Crippen LogP contribution in [-0.2, 0) is 11.3 Å². The molecule has 148 valence electrons. The van der Waals surface area contributed by atoms with Gasteiger partial charge in [0.2, 0.25) is 0 Å². The highest BCUT2D eigenvalue weighted by Crippen LogP contribution is 2.40. The van der Waals surface area contributed by atoms with Gasteiger partial charge in [-0.05, 0) is 50.3 Å². The van der Waals surface area contributed by atoms with Crippen LogP contribution in [0.15, 0.2) is 48.5 Å². The van der Waals surface area contributed by atoms with Gasteiger partial charge < -0.3 is 9.64 Å². The summed E-state index contributed by atoms with van der Waals surface area (Å²) in [5, 5.41) is 9.37. The van der Waals surface area contributed by atoms with Crippen molar-refractivity contribution in [3.8, 4) is 6.07 Å². The van der Waals surface area contributed by atoms with E-state index in [-0.39, 0.29) is 36.5 Å². The normalized spacial score (nSPS) is 22.8. The van der Waals surface area contributed by atoms with Gasteiger partial charge in [-0.1, -0.05) is 42.0 Å². The predicted octanol–water partition coefficient (Wildman–Crippen LogP) is 4.63. The van der Waals surface area contributed by atoms with Crippen molar-refractivity contribution >= 4 is 11.9 Å². The quantitative estimate of drug-likeness (QED) is 0.716. The van der Waals surface area contributed by atoms with Crippen LogP contribution in [0.3, 0.4) is 0 Å². The van der Waals surface area contributed by atoms with Crippen molar-refractivity contribution in [3.63, 3.8) is 0 Å². The van der Waals surface area contributed by atoms with Crippen molar-refractivity contribution in [2.75, 3.05) is 0 Å². The second-order valence-corrected chi connectivity index (χ2v) is 8.03. The Bertz CT molecular complexity index is 950. The Morgan fingerprint density at radius 1 is 1.10 bits per heavy atom. The molecule has 2 atom stereocenters. The molecule has 2 saturated heterocycles. The number of benzene rings is 2. The molecule has 5 heteroatoms. The van der Waals surface area contributed by atoms with E-state index in [4.69, 9.17) is 4.74 Å². The maximum Gasteiger partial charge on any atom is 0.410 e. The zero-order valence-electron chi connectivity index (χ0n) is 16.5. The van der Waals surface area contributed by atoms with Gasteiger partial charge in [-0.15, -0.1) is 0 Å². The first-order valence-electron chi connectivity index (χ1n) is 10.1. The molecule has 0 spiro atoms. The fourth-order valence-electron chi connectivity index (χ4n) is 4.66. The first-order valence-corrected chi connectivity index (χ1v) is 10.1. The number of carbonyl (C=O) groups excluding carboxylic acids is 2. The third kappa shape index (κ3) is 3.88. The van der Waals surface area contributed by atoms with E-state index in [0.717, 1.165) is 24.0 Å². The smallest absolute Gasteiger partial charge is 0.410 e. The molecule has 0 aromatic heterocycles. The number of rotatable bonds is 4. The molecule has 0 radical (unpaired) electrons. The van der Waals surface area contributed by atoms with Crippen molar-refractivity contribution in [3.05, 3.63) is 70.8 Å². The molecular weight excluding hydrogens is 364 g/mol. The second kappa shape index (κ2) is 8.08. The SMILES string of the molecule is Cc1ccc(C#N)c(C(=O)C2CC3CCC(C2)N3C(=O)OCc2ccccc2)c1. The van der Waals surface area contributed by atoms with Crippen LogP contribution in [0.1, 0.15) is 52.7 Å². The average molecular weight is 388 g/mol. The first kappa shape index (κ1) is 19.2. The van der Waals surface area contributed by atoms with E-state index in [2.05, 4.69) is 6.07 Å². The van der Waals surface area contributed by atoms with Crippen LogP contribution >= 0.6 is 0 Å². The summed E-state index contributed by atoms with van der Waals surface area (Å²) in [4.78, 5) is 27.7. The third-order valence-corrected chi connectivity index (χ3v) is 6.08. The number of aryl methyl sites for hydroxylation is 1. The van der Waals surface area contributed by atoms with Gasteiger partial charge in [0.25, 0.3) is 0 Å². The van der Waals surface area contributed by atoms with E-state index < -0.39 is 0 Å². The zero-order chi connectivity index (χ0) is 20.4. The lowest BCUT2D eigenvalue weighted by Crippen LogP contribution is -2.48. The number of ether oxygens (including phenoxy) is 1.